The zero-order chi connectivity index (χ0) is 25.0. The second-order valence-electron chi connectivity index (χ2n) is 8.30. The molecule has 0 N–H and O–H groups in total. The molecule has 10 nitrogen and oxygen atoms in total. The summed E-state index contributed by atoms with van der Waals surface area (Å²) in [4.78, 5) is 54.0. The molecule has 0 saturated carbocycles. The van der Waals surface area contributed by atoms with E-state index in [2.05, 4.69) is 16.0 Å². The van der Waals surface area contributed by atoms with Crippen molar-refractivity contribution in [3.8, 4) is 0 Å². The number of rotatable bonds is 23. The number of hydrogen-bond acceptors (Lipinski definition) is 10. The van der Waals surface area contributed by atoms with Crippen LogP contribution in [-0.4, -0.2) is 25.3 Å². The van der Waals surface area contributed by atoms with Gasteiger partial charge in [0.25, 0.3) is 0 Å². The van der Waals surface area contributed by atoms with Crippen LogP contribution in [0.15, 0.2) is 0 Å². The number of unbranched alkanes of at least 4 members (excludes halogenated alkanes) is 14. The number of hydrogen-bond donors (Lipinski definition) is 0. The van der Waals surface area contributed by atoms with Crippen LogP contribution in [0.1, 0.15) is 110 Å². The predicted molar refractivity (Wildman–Crippen MR) is 117 cm³/mol. The second-order valence-corrected chi connectivity index (χ2v) is 10.6. The van der Waals surface area contributed by atoms with Gasteiger partial charge >= 0.3 is 124 Å². The van der Waals surface area contributed by atoms with Crippen LogP contribution in [0.5, 0.6) is 0 Å². The van der Waals surface area contributed by atoms with E-state index in [9.17, 15) is 33.5 Å². The van der Waals surface area contributed by atoms with Gasteiger partial charge in [0.2, 0.25) is 0 Å². The molecule has 0 amide bonds. The smallest absolute Gasteiger partial charge is 0.790 e. The van der Waals surface area contributed by atoms with Gasteiger partial charge in [-0.1, -0.05) is 96.8 Å². The van der Waals surface area contributed by atoms with Crippen molar-refractivity contribution in [3.05, 3.63) is 0 Å². The van der Waals surface area contributed by atoms with Crippen molar-refractivity contribution in [1.29, 1.82) is 0 Å². The van der Waals surface area contributed by atoms with Crippen molar-refractivity contribution in [2.45, 2.75) is 116 Å². The summed E-state index contributed by atoms with van der Waals surface area (Å²) in [6, 6.07) is 0. The van der Waals surface area contributed by atoms with E-state index in [0.29, 0.717) is 6.42 Å². The van der Waals surface area contributed by atoms with Gasteiger partial charge in [0.05, 0.1) is 28.9 Å². The first-order valence-corrected chi connectivity index (χ1v) is 15.0. The molecule has 37 heavy (non-hydrogen) atoms. The molecule has 0 aliphatic carbocycles. The van der Waals surface area contributed by atoms with Crippen LogP contribution in [0.25, 0.3) is 0 Å². The molecule has 0 atom stereocenters. The van der Waals surface area contributed by atoms with Crippen molar-refractivity contribution >= 4 is 21.6 Å². The largest absolute Gasteiger partial charge is 1.00 e. The fraction of sp³-hybridized carbons (Fsp3) is 0.952. The molecule has 0 fully saturated rings. The molecule has 0 radical (unpaired) electrons. The Balaban J connectivity index is -0.000000853. The minimum atomic E-state index is -5.35. The normalized spacial score (nSPS) is 11.1. The molecule has 0 rings (SSSR count). The second kappa shape index (κ2) is 32.6. The summed E-state index contributed by atoms with van der Waals surface area (Å²) in [6.07, 6.45) is 16.2. The maximum Gasteiger partial charge on any atom is 1.00 e. The van der Waals surface area contributed by atoms with Gasteiger partial charge in [0.15, 0.2) is 0 Å². The first-order chi connectivity index (χ1) is 15.5. The number of ether oxygens (including phenoxy) is 1. The predicted octanol–water partition coefficient (Wildman–Crippen LogP) is -9.13. The van der Waals surface area contributed by atoms with Gasteiger partial charge in [0, 0.05) is 6.42 Å². The molecule has 198 valence electrons. The van der Waals surface area contributed by atoms with Crippen molar-refractivity contribution in [1.82, 2.24) is 0 Å². The van der Waals surface area contributed by atoms with Crippen molar-refractivity contribution in [2.24, 2.45) is 0 Å². The molecule has 0 aromatic rings. The first-order valence-electron chi connectivity index (χ1n) is 12.1. The number of esters is 1. The Hall–Kier alpha value is 3.69. The SMILES string of the molecule is CCCCCCCCCCCCCCCCCC(=O)OC(COP(=O)([O-])[O-])COP(=O)([O-])[O-].[Na+].[Na+].[Na+].[Na+]. The van der Waals surface area contributed by atoms with E-state index in [0.717, 1.165) is 25.7 Å². The fourth-order valence-electron chi connectivity index (χ4n) is 3.35. The number of phosphoric acid groups is 2. The van der Waals surface area contributed by atoms with Gasteiger partial charge in [-0.2, -0.15) is 0 Å². The third-order valence-electron chi connectivity index (χ3n) is 5.12. The van der Waals surface area contributed by atoms with E-state index in [1.165, 1.54) is 64.2 Å². The number of carbonyl (C=O) groups excluding carboxylic acids is 1. The van der Waals surface area contributed by atoms with E-state index < -0.39 is 40.9 Å². The summed E-state index contributed by atoms with van der Waals surface area (Å²) < 4.78 is 33.9. The molecule has 0 aliphatic heterocycles. The third-order valence-corrected chi connectivity index (χ3v) is 6.05. The van der Waals surface area contributed by atoms with Gasteiger partial charge in [0.1, 0.15) is 6.10 Å². The molecule has 0 bridgehead atoms. The minimum absolute atomic E-state index is 0. The van der Waals surface area contributed by atoms with Crippen LogP contribution in [0.3, 0.4) is 0 Å². The zero-order valence-corrected chi connectivity index (χ0v) is 33.6. The monoisotopic (exact) mass is 606 g/mol. The van der Waals surface area contributed by atoms with Crippen molar-refractivity contribution in [3.63, 3.8) is 0 Å². The standard InChI is InChI=1S/C21H44O10P2.4Na/c1-2-3-4-5-6-7-8-9-10-11-12-13-14-15-16-17-21(22)31-20(18-29-32(23,24)25)19-30-33(26,27)28;;;;/h20H,2-19H2,1H3,(H2,23,24,25)(H2,26,27,28);;;;/q;4*+1/p-4. The first kappa shape index (κ1) is 50.3. The average molecular weight is 606 g/mol. The molecule has 0 spiro atoms. The Bertz CT molecular complexity index is 568. The van der Waals surface area contributed by atoms with Crippen LogP contribution < -0.4 is 138 Å². The summed E-state index contributed by atoms with van der Waals surface area (Å²) in [7, 11) is -10.7. The Morgan fingerprint density at radius 3 is 1.19 bits per heavy atom. The molecule has 0 unspecified atom stereocenters. The van der Waals surface area contributed by atoms with E-state index in [1.54, 1.807) is 0 Å². The van der Waals surface area contributed by atoms with Crippen molar-refractivity contribution in [2.75, 3.05) is 13.2 Å². The Labute approximate surface area is 311 Å². The van der Waals surface area contributed by atoms with E-state index in [4.69, 9.17) is 4.74 Å². The van der Waals surface area contributed by atoms with Crippen LogP contribution >= 0.6 is 15.6 Å². The number of carbonyl (C=O) groups is 1. The topological polar surface area (TPSA) is 171 Å². The molecular formula is C21H40Na4O10P2. The number of phosphoric ester groups is 2. The van der Waals surface area contributed by atoms with Gasteiger partial charge in [-0.15, -0.1) is 0 Å². The third kappa shape index (κ3) is 41.9. The van der Waals surface area contributed by atoms with Crippen LogP contribution in [-0.2, 0) is 27.7 Å². The summed E-state index contributed by atoms with van der Waals surface area (Å²) in [6.45, 7) is 0.384. The van der Waals surface area contributed by atoms with Gasteiger partial charge in [-0.3, -0.25) is 4.79 Å². The molecule has 16 heteroatoms. The molecule has 0 aromatic heterocycles. The van der Waals surface area contributed by atoms with Crippen LogP contribution in [0, 0.1) is 0 Å². The van der Waals surface area contributed by atoms with Gasteiger partial charge in [-0.25, -0.2) is 0 Å². The van der Waals surface area contributed by atoms with Crippen molar-refractivity contribution < 1.29 is 166 Å². The quantitative estimate of drug-likeness (QED) is 0.0471. The van der Waals surface area contributed by atoms with E-state index in [1.807, 2.05) is 0 Å². The summed E-state index contributed by atoms with van der Waals surface area (Å²) in [5.41, 5.74) is 0. The fourth-order valence-corrected chi connectivity index (χ4v) is 4.05. The maximum absolute atomic E-state index is 11.9. The van der Waals surface area contributed by atoms with Crippen LogP contribution in [0.2, 0.25) is 0 Å². The molecule has 0 aliphatic rings. The Morgan fingerprint density at radius 1 is 0.595 bits per heavy atom. The Kier molecular flexibility index (Phi) is 44.3. The molecule has 0 aromatic carbocycles. The molecule has 0 heterocycles. The minimum Gasteiger partial charge on any atom is -0.790 e. The summed E-state index contributed by atoms with van der Waals surface area (Å²) in [5, 5.41) is 0. The summed E-state index contributed by atoms with van der Waals surface area (Å²) in [5.74, 6) is -0.722. The van der Waals surface area contributed by atoms with Gasteiger partial charge in [-0.05, 0) is 6.42 Å². The van der Waals surface area contributed by atoms with Crippen LogP contribution in [0.4, 0.5) is 0 Å². The molecular weight excluding hydrogens is 566 g/mol. The molecule has 0 saturated heterocycles. The van der Waals surface area contributed by atoms with E-state index >= 15 is 0 Å². The maximum atomic E-state index is 11.9. The average Bonchev–Trinajstić information content (AvgIpc) is 2.71. The van der Waals surface area contributed by atoms with Gasteiger partial charge < -0.3 is 42.5 Å². The van der Waals surface area contributed by atoms with E-state index in [-0.39, 0.29) is 125 Å². The zero-order valence-electron chi connectivity index (χ0n) is 23.8. The Morgan fingerprint density at radius 2 is 0.892 bits per heavy atom. The summed E-state index contributed by atoms with van der Waals surface area (Å²) >= 11 is 0.